The van der Waals surface area contributed by atoms with Gasteiger partial charge in [0.15, 0.2) is 0 Å². The first-order chi connectivity index (χ1) is 9.28. The maximum absolute atomic E-state index is 11.8. The smallest absolute Gasteiger partial charge is 0.239 e. The second kappa shape index (κ2) is 7.40. The number of ether oxygens (including phenoxy) is 1. The number of thioether (sulfide) groups is 1. The van der Waals surface area contributed by atoms with Crippen molar-refractivity contribution in [1.82, 2.24) is 5.32 Å². The lowest BCUT2D eigenvalue weighted by Gasteiger charge is -2.23. The van der Waals surface area contributed by atoms with Gasteiger partial charge >= 0.3 is 0 Å². The van der Waals surface area contributed by atoms with Crippen molar-refractivity contribution in [3.8, 4) is 0 Å². The zero-order valence-electron chi connectivity index (χ0n) is 11.1. The van der Waals surface area contributed by atoms with Crippen LogP contribution in [-0.4, -0.2) is 38.0 Å². The van der Waals surface area contributed by atoms with Crippen molar-refractivity contribution in [3.63, 3.8) is 0 Å². The van der Waals surface area contributed by atoms with Crippen molar-refractivity contribution in [2.45, 2.75) is 23.8 Å². The van der Waals surface area contributed by atoms with Gasteiger partial charge in [-0.05, 0) is 37.3 Å². The molecule has 1 aromatic carbocycles. The van der Waals surface area contributed by atoms with Crippen LogP contribution in [0.25, 0.3) is 0 Å². The topological polar surface area (TPSA) is 50.4 Å². The van der Waals surface area contributed by atoms with Gasteiger partial charge in [-0.2, -0.15) is 0 Å². The lowest BCUT2D eigenvalue weighted by atomic mass is 10.1. The molecule has 0 saturated carbocycles. The molecule has 1 fully saturated rings. The molecule has 2 N–H and O–H groups in total. The molecule has 104 valence electrons. The summed E-state index contributed by atoms with van der Waals surface area (Å²) in [5.74, 6) is 0.0430. The fourth-order valence-corrected chi connectivity index (χ4v) is 2.50. The van der Waals surface area contributed by atoms with Gasteiger partial charge in [0.1, 0.15) is 0 Å². The molecule has 0 aromatic heterocycles. The third-order valence-corrected chi connectivity index (χ3v) is 3.83. The number of nitrogens with one attached hydrogen (secondary N) is 2. The molecule has 1 aliphatic heterocycles. The van der Waals surface area contributed by atoms with E-state index in [1.807, 2.05) is 24.5 Å². The molecule has 19 heavy (non-hydrogen) atoms. The Bertz CT molecular complexity index is 420. The second-order valence-corrected chi connectivity index (χ2v) is 5.42. The largest absolute Gasteiger partial charge is 0.381 e. The number of anilines is 1. The van der Waals surface area contributed by atoms with Crippen LogP contribution in [0.5, 0.6) is 0 Å². The summed E-state index contributed by atoms with van der Waals surface area (Å²) in [5, 5.41) is 6.18. The molecule has 0 radical (unpaired) electrons. The first kappa shape index (κ1) is 14.2. The van der Waals surface area contributed by atoms with E-state index in [4.69, 9.17) is 4.74 Å². The van der Waals surface area contributed by atoms with Crippen LogP contribution in [0.4, 0.5) is 5.69 Å². The Morgan fingerprint density at radius 1 is 1.42 bits per heavy atom. The van der Waals surface area contributed by atoms with E-state index >= 15 is 0 Å². The molecular weight excluding hydrogens is 260 g/mol. The van der Waals surface area contributed by atoms with Crippen molar-refractivity contribution in [1.29, 1.82) is 0 Å². The normalized spacial score (nSPS) is 16.1. The lowest BCUT2D eigenvalue weighted by Crippen LogP contribution is -2.41. The lowest BCUT2D eigenvalue weighted by molar-refractivity contribution is -0.120. The third kappa shape index (κ3) is 4.76. The summed E-state index contributed by atoms with van der Waals surface area (Å²) in [5.41, 5.74) is 0.981. The third-order valence-electron chi connectivity index (χ3n) is 3.11. The van der Waals surface area contributed by atoms with E-state index in [0.717, 1.165) is 31.7 Å². The predicted molar refractivity (Wildman–Crippen MR) is 78.7 cm³/mol. The van der Waals surface area contributed by atoms with Gasteiger partial charge in [0.05, 0.1) is 6.54 Å². The van der Waals surface area contributed by atoms with Gasteiger partial charge in [0.2, 0.25) is 5.91 Å². The number of amides is 1. The average molecular weight is 280 g/mol. The maximum Gasteiger partial charge on any atom is 0.239 e. The van der Waals surface area contributed by atoms with Crippen LogP contribution in [0, 0.1) is 0 Å². The Labute approximate surface area is 118 Å². The predicted octanol–water partition coefficient (Wildman–Crippen LogP) is 2.12. The molecule has 1 heterocycles. The number of carbonyl (C=O) groups is 1. The Balaban J connectivity index is 1.76. The van der Waals surface area contributed by atoms with Crippen LogP contribution in [-0.2, 0) is 9.53 Å². The zero-order valence-corrected chi connectivity index (χ0v) is 12.0. The summed E-state index contributed by atoms with van der Waals surface area (Å²) in [7, 11) is 0. The molecule has 0 bridgehead atoms. The monoisotopic (exact) mass is 280 g/mol. The molecule has 0 atom stereocenters. The van der Waals surface area contributed by atoms with E-state index in [1.54, 1.807) is 11.8 Å². The van der Waals surface area contributed by atoms with Crippen LogP contribution in [0.15, 0.2) is 29.2 Å². The Morgan fingerprint density at radius 3 is 2.95 bits per heavy atom. The Hall–Kier alpha value is -1.20. The SMILES string of the molecule is CSc1cccc(NCC(=O)NC2CCOCC2)c1. The maximum atomic E-state index is 11.8. The molecule has 1 saturated heterocycles. The first-order valence-electron chi connectivity index (χ1n) is 6.53. The highest BCUT2D eigenvalue weighted by Crippen LogP contribution is 2.18. The second-order valence-electron chi connectivity index (χ2n) is 4.54. The Morgan fingerprint density at radius 2 is 2.21 bits per heavy atom. The molecule has 2 rings (SSSR count). The summed E-state index contributed by atoms with van der Waals surface area (Å²) in [6.07, 6.45) is 3.86. The molecule has 1 amide bonds. The molecule has 1 aromatic rings. The molecule has 0 aliphatic carbocycles. The Kier molecular flexibility index (Phi) is 5.54. The number of rotatable bonds is 5. The van der Waals surface area contributed by atoms with Gasteiger partial charge in [-0.3, -0.25) is 4.79 Å². The van der Waals surface area contributed by atoms with Crippen molar-refractivity contribution >= 4 is 23.4 Å². The van der Waals surface area contributed by atoms with Gasteiger partial charge in [-0.25, -0.2) is 0 Å². The average Bonchev–Trinajstić information content (AvgIpc) is 2.46. The number of hydrogen-bond acceptors (Lipinski definition) is 4. The fourth-order valence-electron chi connectivity index (χ4n) is 2.04. The number of hydrogen-bond donors (Lipinski definition) is 2. The first-order valence-corrected chi connectivity index (χ1v) is 7.75. The molecular formula is C14H20N2O2S. The van der Waals surface area contributed by atoms with Crippen LogP contribution in [0.3, 0.4) is 0 Å². The van der Waals surface area contributed by atoms with Crippen molar-refractivity contribution < 1.29 is 9.53 Å². The standard InChI is InChI=1S/C14H20N2O2S/c1-19-13-4-2-3-12(9-13)15-10-14(17)16-11-5-7-18-8-6-11/h2-4,9,11,15H,5-8,10H2,1H3,(H,16,17). The highest BCUT2D eigenvalue weighted by molar-refractivity contribution is 7.98. The highest BCUT2D eigenvalue weighted by atomic mass is 32.2. The van der Waals surface area contributed by atoms with Gasteiger partial charge in [-0.15, -0.1) is 11.8 Å². The molecule has 4 nitrogen and oxygen atoms in total. The quantitative estimate of drug-likeness (QED) is 0.811. The fraction of sp³-hybridized carbons (Fsp3) is 0.500. The van der Waals surface area contributed by atoms with Crippen molar-refractivity contribution in [2.75, 3.05) is 31.3 Å². The molecule has 0 unspecified atom stereocenters. The van der Waals surface area contributed by atoms with Crippen LogP contribution < -0.4 is 10.6 Å². The van der Waals surface area contributed by atoms with E-state index in [0.29, 0.717) is 6.54 Å². The number of carbonyl (C=O) groups excluding carboxylic acids is 1. The van der Waals surface area contributed by atoms with E-state index in [2.05, 4.69) is 16.7 Å². The van der Waals surface area contributed by atoms with Gasteiger partial charge in [-0.1, -0.05) is 6.07 Å². The highest BCUT2D eigenvalue weighted by Gasteiger charge is 2.15. The minimum atomic E-state index is 0.0430. The van der Waals surface area contributed by atoms with E-state index in [9.17, 15) is 4.79 Å². The van der Waals surface area contributed by atoms with E-state index < -0.39 is 0 Å². The van der Waals surface area contributed by atoms with E-state index in [1.165, 1.54) is 4.90 Å². The van der Waals surface area contributed by atoms with Crippen LogP contribution in [0.2, 0.25) is 0 Å². The summed E-state index contributed by atoms with van der Waals surface area (Å²) in [4.78, 5) is 13.0. The summed E-state index contributed by atoms with van der Waals surface area (Å²) < 4.78 is 5.27. The van der Waals surface area contributed by atoms with E-state index in [-0.39, 0.29) is 11.9 Å². The van der Waals surface area contributed by atoms with Gasteiger partial charge < -0.3 is 15.4 Å². The molecule has 5 heteroatoms. The summed E-state index contributed by atoms with van der Waals surface area (Å²) in [6, 6.07) is 8.33. The van der Waals surface area contributed by atoms with Crippen molar-refractivity contribution in [2.24, 2.45) is 0 Å². The van der Waals surface area contributed by atoms with Crippen LogP contribution >= 0.6 is 11.8 Å². The van der Waals surface area contributed by atoms with Gasteiger partial charge in [0, 0.05) is 29.8 Å². The molecule has 0 spiro atoms. The van der Waals surface area contributed by atoms with Crippen molar-refractivity contribution in [3.05, 3.63) is 24.3 Å². The van der Waals surface area contributed by atoms with Crippen LogP contribution in [0.1, 0.15) is 12.8 Å². The summed E-state index contributed by atoms with van der Waals surface area (Å²) >= 11 is 1.69. The minimum Gasteiger partial charge on any atom is -0.381 e. The summed E-state index contributed by atoms with van der Waals surface area (Å²) in [6.45, 7) is 1.80. The number of benzene rings is 1. The zero-order chi connectivity index (χ0) is 13.5. The minimum absolute atomic E-state index is 0.0430. The molecule has 1 aliphatic rings. The van der Waals surface area contributed by atoms with Gasteiger partial charge in [0.25, 0.3) is 0 Å².